The van der Waals surface area contributed by atoms with Crippen molar-refractivity contribution in [2.45, 2.75) is 19.3 Å². The highest BCUT2D eigenvalue weighted by atomic mass is 16.2. The summed E-state index contributed by atoms with van der Waals surface area (Å²) in [7, 11) is 7.79. The number of aromatic nitrogens is 1. The summed E-state index contributed by atoms with van der Waals surface area (Å²) >= 11 is 0. The van der Waals surface area contributed by atoms with E-state index in [1.54, 1.807) is 19.0 Å². The molecule has 0 radical (unpaired) electrons. The maximum atomic E-state index is 11.7. The number of nitrogens with zero attached hydrogens (tertiary/aromatic N) is 2. The van der Waals surface area contributed by atoms with Gasteiger partial charge in [-0.25, -0.2) is 0 Å². The number of aromatic amines is 1. The van der Waals surface area contributed by atoms with Crippen molar-refractivity contribution < 1.29 is 4.79 Å². The van der Waals surface area contributed by atoms with Crippen LogP contribution < -0.4 is 0 Å². The zero-order chi connectivity index (χ0) is 15.4. The molecule has 4 heteroatoms. The molecule has 0 spiro atoms. The Hall–Kier alpha value is -1.81. The number of carbonyl (C=O) groups is 1. The summed E-state index contributed by atoms with van der Waals surface area (Å²) in [6, 6.07) is 6.45. The molecule has 2 aromatic rings. The Kier molecular flexibility index (Phi) is 5.02. The second-order valence-electron chi connectivity index (χ2n) is 6.04. The van der Waals surface area contributed by atoms with E-state index < -0.39 is 0 Å². The molecule has 0 saturated carbocycles. The van der Waals surface area contributed by atoms with Crippen molar-refractivity contribution in [3.8, 4) is 0 Å². The molecule has 1 N–H and O–H groups in total. The van der Waals surface area contributed by atoms with Crippen LogP contribution in [0.2, 0.25) is 0 Å². The standard InChI is InChI=1S/C17H25N3O/c1-19(2)10-9-14-12-18-16-7-5-13(11-15(14)16)6-8-17(21)20(3)4/h5,7,11-12,18H,6,8-10H2,1-4H3. The summed E-state index contributed by atoms with van der Waals surface area (Å²) in [5.41, 5.74) is 3.74. The van der Waals surface area contributed by atoms with Crippen molar-refractivity contribution in [2.75, 3.05) is 34.7 Å². The first kappa shape index (κ1) is 15.6. The number of hydrogen-bond acceptors (Lipinski definition) is 2. The number of hydrogen-bond donors (Lipinski definition) is 1. The summed E-state index contributed by atoms with van der Waals surface area (Å²) < 4.78 is 0. The smallest absolute Gasteiger partial charge is 0.222 e. The number of fused-ring (bicyclic) bond motifs is 1. The second-order valence-corrected chi connectivity index (χ2v) is 6.04. The first-order chi connectivity index (χ1) is 9.97. The number of nitrogens with one attached hydrogen (secondary N) is 1. The van der Waals surface area contributed by atoms with Crippen LogP contribution in [0.3, 0.4) is 0 Å². The van der Waals surface area contributed by atoms with E-state index in [0.29, 0.717) is 6.42 Å². The predicted octanol–water partition coefficient (Wildman–Crippen LogP) is 2.29. The van der Waals surface area contributed by atoms with Gasteiger partial charge in [-0.15, -0.1) is 0 Å². The Bertz CT molecular complexity index is 614. The fourth-order valence-electron chi connectivity index (χ4n) is 2.41. The van der Waals surface area contributed by atoms with Crippen LogP contribution in [0.15, 0.2) is 24.4 Å². The molecule has 114 valence electrons. The number of carbonyl (C=O) groups excluding carboxylic acids is 1. The van der Waals surface area contributed by atoms with Gasteiger partial charge in [-0.05, 0) is 50.2 Å². The summed E-state index contributed by atoms with van der Waals surface area (Å²) in [5.74, 6) is 0.178. The fraction of sp³-hybridized carbons (Fsp3) is 0.471. The first-order valence-electron chi connectivity index (χ1n) is 7.41. The van der Waals surface area contributed by atoms with Crippen molar-refractivity contribution >= 4 is 16.8 Å². The molecule has 1 aromatic heterocycles. The van der Waals surface area contributed by atoms with Crippen molar-refractivity contribution in [3.63, 3.8) is 0 Å². The molecule has 0 fully saturated rings. The van der Waals surface area contributed by atoms with Crippen LogP contribution in [0.4, 0.5) is 0 Å². The molecule has 4 nitrogen and oxygen atoms in total. The van der Waals surface area contributed by atoms with Crippen molar-refractivity contribution in [1.29, 1.82) is 0 Å². The second kappa shape index (κ2) is 6.76. The highest BCUT2D eigenvalue weighted by Gasteiger charge is 2.08. The Morgan fingerprint density at radius 1 is 1.14 bits per heavy atom. The Morgan fingerprint density at radius 2 is 1.90 bits per heavy atom. The third kappa shape index (κ3) is 4.08. The number of benzene rings is 1. The lowest BCUT2D eigenvalue weighted by Crippen LogP contribution is -2.21. The number of H-pyrrole nitrogens is 1. The van der Waals surface area contributed by atoms with Crippen LogP contribution in [0.1, 0.15) is 17.5 Å². The minimum absolute atomic E-state index is 0.178. The largest absolute Gasteiger partial charge is 0.361 e. The molecule has 1 heterocycles. The minimum Gasteiger partial charge on any atom is -0.361 e. The van der Waals surface area contributed by atoms with Gasteiger partial charge in [0.15, 0.2) is 0 Å². The molecule has 1 aromatic carbocycles. The van der Waals surface area contributed by atoms with E-state index in [9.17, 15) is 4.79 Å². The van der Waals surface area contributed by atoms with Gasteiger partial charge in [-0.1, -0.05) is 6.07 Å². The number of amides is 1. The number of aryl methyl sites for hydroxylation is 1. The molecule has 0 bridgehead atoms. The average molecular weight is 287 g/mol. The predicted molar refractivity (Wildman–Crippen MR) is 87.6 cm³/mol. The minimum atomic E-state index is 0.178. The monoisotopic (exact) mass is 287 g/mol. The van der Waals surface area contributed by atoms with E-state index in [-0.39, 0.29) is 5.91 Å². The van der Waals surface area contributed by atoms with Gasteiger partial charge in [0.05, 0.1) is 0 Å². The highest BCUT2D eigenvalue weighted by molar-refractivity contribution is 5.84. The Labute approximate surface area is 126 Å². The van der Waals surface area contributed by atoms with Crippen LogP contribution in [0.5, 0.6) is 0 Å². The highest BCUT2D eigenvalue weighted by Crippen LogP contribution is 2.21. The lowest BCUT2D eigenvalue weighted by molar-refractivity contribution is -0.128. The lowest BCUT2D eigenvalue weighted by Gasteiger charge is -2.10. The zero-order valence-electron chi connectivity index (χ0n) is 13.4. The van der Waals surface area contributed by atoms with E-state index in [1.165, 1.54) is 22.0 Å². The third-order valence-corrected chi connectivity index (χ3v) is 3.79. The molecule has 0 aliphatic heterocycles. The van der Waals surface area contributed by atoms with Gasteiger partial charge < -0.3 is 14.8 Å². The SMILES string of the molecule is CN(C)CCc1c[nH]c2ccc(CCC(=O)N(C)C)cc12. The first-order valence-corrected chi connectivity index (χ1v) is 7.41. The molecule has 2 rings (SSSR count). The van der Waals surface area contributed by atoms with Gasteiger partial charge in [0.2, 0.25) is 5.91 Å². The molecule has 0 unspecified atom stereocenters. The van der Waals surface area contributed by atoms with Gasteiger partial charge in [-0.2, -0.15) is 0 Å². The van der Waals surface area contributed by atoms with Crippen LogP contribution >= 0.6 is 0 Å². The quantitative estimate of drug-likeness (QED) is 0.885. The maximum Gasteiger partial charge on any atom is 0.222 e. The van der Waals surface area contributed by atoms with E-state index >= 15 is 0 Å². The summed E-state index contributed by atoms with van der Waals surface area (Å²) in [6.07, 6.45) is 4.50. The molecule has 0 saturated heterocycles. The fourth-order valence-corrected chi connectivity index (χ4v) is 2.41. The zero-order valence-corrected chi connectivity index (χ0v) is 13.4. The van der Waals surface area contributed by atoms with Gasteiger partial charge >= 0.3 is 0 Å². The maximum absolute atomic E-state index is 11.7. The van der Waals surface area contributed by atoms with E-state index in [2.05, 4.69) is 48.4 Å². The van der Waals surface area contributed by atoms with E-state index in [0.717, 1.165) is 19.4 Å². The van der Waals surface area contributed by atoms with E-state index in [4.69, 9.17) is 0 Å². The van der Waals surface area contributed by atoms with Crippen molar-refractivity contribution in [3.05, 3.63) is 35.5 Å². The molecule has 21 heavy (non-hydrogen) atoms. The van der Waals surface area contributed by atoms with Crippen LogP contribution in [-0.2, 0) is 17.6 Å². The molecule has 0 aliphatic rings. The van der Waals surface area contributed by atoms with Crippen molar-refractivity contribution in [2.24, 2.45) is 0 Å². The topological polar surface area (TPSA) is 39.3 Å². The lowest BCUT2D eigenvalue weighted by atomic mass is 10.0. The molecule has 0 atom stereocenters. The average Bonchev–Trinajstić information content (AvgIpc) is 2.84. The normalized spacial score (nSPS) is 11.3. The van der Waals surface area contributed by atoms with Crippen LogP contribution in [0.25, 0.3) is 10.9 Å². The molecular formula is C17H25N3O. The number of rotatable bonds is 6. The molecular weight excluding hydrogens is 262 g/mol. The van der Waals surface area contributed by atoms with Gasteiger partial charge in [0.25, 0.3) is 0 Å². The summed E-state index contributed by atoms with van der Waals surface area (Å²) in [5, 5.41) is 1.28. The summed E-state index contributed by atoms with van der Waals surface area (Å²) in [6.45, 7) is 1.04. The molecule has 0 aliphatic carbocycles. The summed E-state index contributed by atoms with van der Waals surface area (Å²) in [4.78, 5) is 18.9. The number of likely N-dealkylation sites (N-methyl/N-ethyl adjacent to an activating group) is 1. The van der Waals surface area contributed by atoms with Crippen LogP contribution in [-0.4, -0.2) is 55.4 Å². The van der Waals surface area contributed by atoms with Gasteiger partial charge in [-0.3, -0.25) is 4.79 Å². The van der Waals surface area contributed by atoms with Gasteiger partial charge in [0.1, 0.15) is 0 Å². The third-order valence-electron chi connectivity index (χ3n) is 3.79. The Morgan fingerprint density at radius 3 is 2.57 bits per heavy atom. The van der Waals surface area contributed by atoms with Crippen molar-refractivity contribution in [1.82, 2.24) is 14.8 Å². The van der Waals surface area contributed by atoms with E-state index in [1.807, 2.05) is 0 Å². The van der Waals surface area contributed by atoms with Gasteiger partial charge in [0, 0.05) is 44.2 Å². The Balaban J connectivity index is 2.12. The van der Waals surface area contributed by atoms with Crippen LogP contribution in [0, 0.1) is 0 Å². The molecule has 1 amide bonds.